The van der Waals surface area contributed by atoms with Crippen molar-refractivity contribution in [2.24, 2.45) is 0 Å². The van der Waals surface area contributed by atoms with Crippen LogP contribution in [0.1, 0.15) is 18.1 Å². The maximum Gasteiger partial charge on any atom is 0.226 e. The zero-order valence-corrected chi connectivity index (χ0v) is 13.2. The first-order chi connectivity index (χ1) is 10.7. The number of aromatic nitrogens is 1. The molecule has 4 nitrogen and oxygen atoms in total. The molecule has 0 aliphatic carbocycles. The van der Waals surface area contributed by atoms with Gasteiger partial charge in [0.25, 0.3) is 0 Å². The van der Waals surface area contributed by atoms with Gasteiger partial charge in [0.05, 0.1) is 13.5 Å². The number of amides is 1. The predicted molar refractivity (Wildman–Crippen MR) is 86.9 cm³/mol. The molecule has 4 heteroatoms. The van der Waals surface area contributed by atoms with E-state index < -0.39 is 0 Å². The van der Waals surface area contributed by atoms with Gasteiger partial charge in [-0.25, -0.2) is 0 Å². The fourth-order valence-electron chi connectivity index (χ4n) is 2.34. The van der Waals surface area contributed by atoms with Gasteiger partial charge in [-0.3, -0.25) is 9.78 Å². The Hall–Kier alpha value is -2.36. The number of methoxy groups -OCH3 is 1. The van der Waals surface area contributed by atoms with Crippen molar-refractivity contribution >= 4 is 5.91 Å². The van der Waals surface area contributed by atoms with Crippen molar-refractivity contribution in [2.75, 3.05) is 20.2 Å². The topological polar surface area (TPSA) is 42.4 Å². The molecule has 0 unspecified atom stereocenters. The number of carbonyl (C=O) groups is 1. The van der Waals surface area contributed by atoms with E-state index in [2.05, 4.69) is 4.98 Å². The molecule has 116 valence electrons. The van der Waals surface area contributed by atoms with Crippen LogP contribution in [0.2, 0.25) is 0 Å². The van der Waals surface area contributed by atoms with Crippen molar-refractivity contribution in [3.05, 3.63) is 59.9 Å². The van der Waals surface area contributed by atoms with Crippen LogP contribution >= 0.6 is 0 Å². The second-order valence-electron chi connectivity index (χ2n) is 5.11. The molecule has 1 amide bonds. The van der Waals surface area contributed by atoms with Gasteiger partial charge in [0.2, 0.25) is 5.91 Å². The largest absolute Gasteiger partial charge is 0.497 e. The Kier molecular flexibility index (Phi) is 5.95. The van der Waals surface area contributed by atoms with E-state index in [4.69, 9.17) is 4.74 Å². The quantitative estimate of drug-likeness (QED) is 0.789. The van der Waals surface area contributed by atoms with Gasteiger partial charge in [-0.05, 0) is 48.7 Å². The van der Waals surface area contributed by atoms with Gasteiger partial charge in [-0.2, -0.15) is 0 Å². The number of nitrogens with zero attached hydrogens (tertiary/aromatic N) is 2. The zero-order valence-electron chi connectivity index (χ0n) is 13.2. The molecule has 0 saturated carbocycles. The summed E-state index contributed by atoms with van der Waals surface area (Å²) in [6.45, 7) is 3.45. The second kappa shape index (κ2) is 8.17. The van der Waals surface area contributed by atoms with E-state index >= 15 is 0 Å². The summed E-state index contributed by atoms with van der Waals surface area (Å²) in [5, 5.41) is 0. The molecule has 0 spiro atoms. The first kappa shape index (κ1) is 16.0. The summed E-state index contributed by atoms with van der Waals surface area (Å²) in [6.07, 6.45) is 4.81. The van der Waals surface area contributed by atoms with Gasteiger partial charge < -0.3 is 9.64 Å². The monoisotopic (exact) mass is 298 g/mol. The smallest absolute Gasteiger partial charge is 0.226 e. The third-order valence-corrected chi connectivity index (χ3v) is 3.64. The summed E-state index contributed by atoms with van der Waals surface area (Å²) >= 11 is 0. The van der Waals surface area contributed by atoms with Crippen LogP contribution in [0.3, 0.4) is 0 Å². The zero-order chi connectivity index (χ0) is 15.8. The molecule has 0 fully saturated rings. The van der Waals surface area contributed by atoms with Crippen molar-refractivity contribution < 1.29 is 9.53 Å². The number of benzene rings is 1. The normalized spacial score (nSPS) is 10.3. The first-order valence-electron chi connectivity index (χ1n) is 7.52. The Morgan fingerprint density at radius 3 is 2.64 bits per heavy atom. The molecule has 0 N–H and O–H groups in total. The van der Waals surface area contributed by atoms with Crippen molar-refractivity contribution in [1.82, 2.24) is 9.88 Å². The van der Waals surface area contributed by atoms with E-state index in [1.165, 1.54) is 5.56 Å². The summed E-state index contributed by atoms with van der Waals surface area (Å²) in [4.78, 5) is 18.3. The molecule has 1 heterocycles. The van der Waals surface area contributed by atoms with Crippen LogP contribution in [0.15, 0.2) is 48.8 Å². The number of pyridine rings is 1. The Morgan fingerprint density at radius 1 is 1.18 bits per heavy atom. The van der Waals surface area contributed by atoms with Crippen molar-refractivity contribution in [1.29, 1.82) is 0 Å². The average Bonchev–Trinajstić information content (AvgIpc) is 2.56. The summed E-state index contributed by atoms with van der Waals surface area (Å²) < 4.78 is 5.20. The minimum Gasteiger partial charge on any atom is -0.497 e. The van der Waals surface area contributed by atoms with Crippen LogP contribution < -0.4 is 4.74 Å². The standard InChI is InChI=1S/C18H22N2O2/c1-3-20(12-9-15-7-10-19-11-8-15)18(21)14-16-5-4-6-17(13-16)22-2/h4-8,10-11,13H,3,9,12,14H2,1-2H3. The third-order valence-electron chi connectivity index (χ3n) is 3.64. The molecule has 0 saturated heterocycles. The minimum atomic E-state index is 0.143. The molecule has 0 aliphatic rings. The Labute approximate surface area is 131 Å². The summed E-state index contributed by atoms with van der Waals surface area (Å²) in [7, 11) is 1.63. The summed E-state index contributed by atoms with van der Waals surface area (Å²) in [6, 6.07) is 11.6. The number of hydrogen-bond acceptors (Lipinski definition) is 3. The SMILES string of the molecule is CCN(CCc1ccncc1)C(=O)Cc1cccc(OC)c1. The van der Waals surface area contributed by atoms with E-state index in [9.17, 15) is 4.79 Å². The number of carbonyl (C=O) groups excluding carboxylic acids is 1. The van der Waals surface area contributed by atoms with Crippen LogP contribution in [0.4, 0.5) is 0 Å². The Morgan fingerprint density at radius 2 is 1.95 bits per heavy atom. The van der Waals surface area contributed by atoms with Crippen LogP contribution in [0.25, 0.3) is 0 Å². The number of rotatable bonds is 7. The predicted octanol–water partition coefficient (Wildman–Crippen LogP) is 2.72. The van der Waals surface area contributed by atoms with Crippen LogP contribution in [0.5, 0.6) is 5.75 Å². The van der Waals surface area contributed by atoms with Crippen LogP contribution in [0, 0.1) is 0 Å². The lowest BCUT2D eigenvalue weighted by molar-refractivity contribution is -0.130. The van der Waals surface area contributed by atoms with Gasteiger partial charge in [-0.1, -0.05) is 12.1 Å². The molecule has 1 aromatic heterocycles. The summed E-state index contributed by atoms with van der Waals surface area (Å²) in [5.74, 6) is 0.926. The van der Waals surface area contributed by atoms with E-state index in [-0.39, 0.29) is 5.91 Å². The highest BCUT2D eigenvalue weighted by Crippen LogP contribution is 2.14. The molecule has 0 radical (unpaired) electrons. The van der Waals surface area contributed by atoms with Gasteiger partial charge >= 0.3 is 0 Å². The molecular formula is C18H22N2O2. The molecule has 2 aromatic rings. The van der Waals surface area contributed by atoms with E-state index in [1.807, 2.05) is 48.2 Å². The lowest BCUT2D eigenvalue weighted by atomic mass is 10.1. The van der Waals surface area contributed by atoms with Gasteiger partial charge in [0.1, 0.15) is 5.75 Å². The van der Waals surface area contributed by atoms with E-state index in [1.54, 1.807) is 19.5 Å². The second-order valence-corrected chi connectivity index (χ2v) is 5.11. The Bertz CT molecular complexity index is 599. The molecule has 0 aliphatic heterocycles. The highest BCUT2D eigenvalue weighted by molar-refractivity contribution is 5.78. The highest BCUT2D eigenvalue weighted by atomic mass is 16.5. The minimum absolute atomic E-state index is 0.143. The van der Waals surface area contributed by atoms with Crippen molar-refractivity contribution in [3.8, 4) is 5.75 Å². The summed E-state index contributed by atoms with van der Waals surface area (Å²) in [5.41, 5.74) is 2.18. The maximum absolute atomic E-state index is 12.4. The van der Waals surface area contributed by atoms with Gasteiger partial charge in [0, 0.05) is 25.5 Å². The molecule has 0 atom stereocenters. The Balaban J connectivity index is 1.93. The lowest BCUT2D eigenvalue weighted by Crippen LogP contribution is -2.33. The average molecular weight is 298 g/mol. The molecule has 22 heavy (non-hydrogen) atoms. The maximum atomic E-state index is 12.4. The van der Waals surface area contributed by atoms with Crippen LogP contribution in [-0.4, -0.2) is 36.0 Å². The van der Waals surface area contributed by atoms with Crippen molar-refractivity contribution in [3.63, 3.8) is 0 Å². The van der Waals surface area contributed by atoms with Gasteiger partial charge in [-0.15, -0.1) is 0 Å². The number of hydrogen-bond donors (Lipinski definition) is 0. The first-order valence-corrected chi connectivity index (χ1v) is 7.52. The fourth-order valence-corrected chi connectivity index (χ4v) is 2.34. The highest BCUT2D eigenvalue weighted by Gasteiger charge is 2.12. The van der Waals surface area contributed by atoms with Crippen molar-refractivity contribution in [2.45, 2.75) is 19.8 Å². The molecular weight excluding hydrogens is 276 g/mol. The molecule has 0 bridgehead atoms. The lowest BCUT2D eigenvalue weighted by Gasteiger charge is -2.21. The number of likely N-dealkylation sites (N-methyl/N-ethyl adjacent to an activating group) is 1. The van der Waals surface area contributed by atoms with E-state index in [0.29, 0.717) is 13.0 Å². The van der Waals surface area contributed by atoms with Crippen LogP contribution in [-0.2, 0) is 17.6 Å². The fraction of sp³-hybridized carbons (Fsp3) is 0.333. The van der Waals surface area contributed by atoms with E-state index in [0.717, 1.165) is 24.3 Å². The third kappa shape index (κ3) is 4.58. The molecule has 1 aromatic carbocycles. The number of ether oxygens (including phenoxy) is 1. The van der Waals surface area contributed by atoms with Gasteiger partial charge in [0.15, 0.2) is 0 Å². The molecule has 2 rings (SSSR count).